The van der Waals surface area contributed by atoms with Crippen LogP contribution >= 0.6 is 0 Å². The van der Waals surface area contributed by atoms with Crippen molar-refractivity contribution < 1.29 is 0 Å². The van der Waals surface area contributed by atoms with E-state index in [4.69, 9.17) is 0 Å². The van der Waals surface area contributed by atoms with Crippen molar-refractivity contribution in [1.82, 2.24) is 15.1 Å². The van der Waals surface area contributed by atoms with E-state index in [0.717, 1.165) is 38.9 Å². The van der Waals surface area contributed by atoms with Crippen LogP contribution in [0.5, 0.6) is 0 Å². The lowest BCUT2D eigenvalue weighted by molar-refractivity contribution is 0.0587. The molecule has 4 heteroatoms. The fourth-order valence-electron chi connectivity index (χ4n) is 3.97. The van der Waals surface area contributed by atoms with E-state index in [-0.39, 0.29) is 5.54 Å². The number of piperazine rings is 1. The standard InChI is InChI=1S/C16H30N4/c1-5-19-8-9-20(11-14(19)4)15-6-7-16(10-15,12-17)18-13(2)3/h13-15,18H,5-11H2,1-4H3. The van der Waals surface area contributed by atoms with Crippen LogP contribution in [0.15, 0.2) is 0 Å². The lowest BCUT2D eigenvalue weighted by Gasteiger charge is -2.42. The third kappa shape index (κ3) is 3.33. The van der Waals surface area contributed by atoms with E-state index in [2.05, 4.69) is 48.9 Å². The SMILES string of the molecule is CCN1CCN(C2CCC(C#N)(NC(C)C)C2)CC1C. The van der Waals surface area contributed by atoms with Crippen LogP contribution in [0.25, 0.3) is 0 Å². The van der Waals surface area contributed by atoms with E-state index in [1.54, 1.807) is 0 Å². The zero-order chi connectivity index (χ0) is 14.8. The van der Waals surface area contributed by atoms with Gasteiger partial charge in [0, 0.05) is 37.8 Å². The van der Waals surface area contributed by atoms with Gasteiger partial charge in [-0.3, -0.25) is 15.1 Å². The topological polar surface area (TPSA) is 42.3 Å². The average Bonchev–Trinajstić information content (AvgIpc) is 2.82. The minimum atomic E-state index is -0.288. The second kappa shape index (κ2) is 6.43. The van der Waals surface area contributed by atoms with E-state index >= 15 is 0 Å². The summed E-state index contributed by atoms with van der Waals surface area (Å²) in [4.78, 5) is 5.17. The van der Waals surface area contributed by atoms with Gasteiger partial charge in [-0.05, 0) is 46.6 Å². The highest BCUT2D eigenvalue weighted by Gasteiger charge is 2.42. The number of hydrogen-bond acceptors (Lipinski definition) is 4. The lowest BCUT2D eigenvalue weighted by atomic mass is 9.98. The van der Waals surface area contributed by atoms with Crippen LogP contribution in [0, 0.1) is 11.3 Å². The van der Waals surface area contributed by atoms with Gasteiger partial charge in [0.2, 0.25) is 0 Å². The summed E-state index contributed by atoms with van der Waals surface area (Å²) in [5.74, 6) is 0. The molecule has 4 nitrogen and oxygen atoms in total. The van der Waals surface area contributed by atoms with Crippen molar-refractivity contribution in [3.05, 3.63) is 0 Å². The van der Waals surface area contributed by atoms with Gasteiger partial charge in [0.25, 0.3) is 0 Å². The monoisotopic (exact) mass is 278 g/mol. The van der Waals surface area contributed by atoms with Gasteiger partial charge >= 0.3 is 0 Å². The number of nitrogens with one attached hydrogen (secondary N) is 1. The molecule has 0 amide bonds. The van der Waals surface area contributed by atoms with Gasteiger partial charge in [0.15, 0.2) is 0 Å². The summed E-state index contributed by atoms with van der Waals surface area (Å²) >= 11 is 0. The number of likely N-dealkylation sites (N-methyl/N-ethyl adjacent to an activating group) is 1. The summed E-state index contributed by atoms with van der Waals surface area (Å²) in [5.41, 5.74) is -0.288. The van der Waals surface area contributed by atoms with Crippen molar-refractivity contribution in [2.24, 2.45) is 0 Å². The van der Waals surface area contributed by atoms with E-state index in [1.165, 1.54) is 6.54 Å². The van der Waals surface area contributed by atoms with Gasteiger partial charge in [-0.15, -0.1) is 0 Å². The third-order valence-electron chi connectivity index (χ3n) is 4.99. The minimum Gasteiger partial charge on any atom is -0.298 e. The summed E-state index contributed by atoms with van der Waals surface area (Å²) in [6.07, 6.45) is 3.14. The fraction of sp³-hybridized carbons (Fsp3) is 0.938. The van der Waals surface area contributed by atoms with E-state index in [1.807, 2.05) is 0 Å². The maximum atomic E-state index is 9.57. The molecule has 0 radical (unpaired) electrons. The third-order valence-corrected chi connectivity index (χ3v) is 4.99. The molecule has 2 fully saturated rings. The van der Waals surface area contributed by atoms with Crippen LogP contribution in [0.4, 0.5) is 0 Å². The fourth-order valence-corrected chi connectivity index (χ4v) is 3.97. The Bertz CT molecular complexity index is 362. The van der Waals surface area contributed by atoms with Crippen LogP contribution in [0.3, 0.4) is 0 Å². The summed E-state index contributed by atoms with van der Waals surface area (Å²) in [6.45, 7) is 13.5. The molecular formula is C16H30N4. The van der Waals surface area contributed by atoms with Crippen molar-refractivity contribution in [3.63, 3.8) is 0 Å². The molecule has 2 aliphatic rings. The molecule has 2 rings (SSSR count). The van der Waals surface area contributed by atoms with Gasteiger partial charge in [0.1, 0.15) is 5.54 Å². The van der Waals surface area contributed by atoms with Crippen molar-refractivity contribution in [2.75, 3.05) is 26.2 Å². The van der Waals surface area contributed by atoms with Crippen LogP contribution in [0.2, 0.25) is 0 Å². The molecule has 0 aromatic rings. The molecule has 3 atom stereocenters. The molecule has 1 heterocycles. The second-order valence-corrected chi connectivity index (χ2v) is 6.86. The maximum Gasteiger partial charge on any atom is 0.108 e. The highest BCUT2D eigenvalue weighted by molar-refractivity contribution is 5.14. The van der Waals surface area contributed by atoms with Crippen molar-refractivity contribution in [1.29, 1.82) is 5.26 Å². The van der Waals surface area contributed by atoms with Crippen molar-refractivity contribution in [2.45, 2.75) is 70.6 Å². The minimum absolute atomic E-state index is 0.288. The Balaban J connectivity index is 1.94. The summed E-state index contributed by atoms with van der Waals surface area (Å²) in [7, 11) is 0. The predicted molar refractivity (Wildman–Crippen MR) is 82.5 cm³/mol. The quantitative estimate of drug-likeness (QED) is 0.852. The Hall–Kier alpha value is -0.630. The molecule has 0 aromatic carbocycles. The van der Waals surface area contributed by atoms with Crippen LogP contribution in [0.1, 0.15) is 47.0 Å². The molecule has 20 heavy (non-hydrogen) atoms. The first-order chi connectivity index (χ1) is 9.49. The smallest absolute Gasteiger partial charge is 0.108 e. The Labute approximate surface area is 124 Å². The van der Waals surface area contributed by atoms with Gasteiger partial charge in [-0.1, -0.05) is 6.92 Å². The Morgan fingerprint density at radius 3 is 2.70 bits per heavy atom. The van der Waals surface area contributed by atoms with Gasteiger partial charge in [-0.2, -0.15) is 5.26 Å². The molecule has 1 saturated heterocycles. The molecule has 114 valence electrons. The second-order valence-electron chi connectivity index (χ2n) is 6.86. The van der Waals surface area contributed by atoms with Gasteiger partial charge in [0.05, 0.1) is 6.07 Å². The van der Waals surface area contributed by atoms with Gasteiger partial charge < -0.3 is 0 Å². The van der Waals surface area contributed by atoms with Gasteiger partial charge in [-0.25, -0.2) is 0 Å². The van der Waals surface area contributed by atoms with Crippen LogP contribution in [-0.2, 0) is 0 Å². The van der Waals surface area contributed by atoms with Crippen LogP contribution in [-0.4, -0.2) is 59.6 Å². The summed E-state index contributed by atoms with van der Waals surface area (Å²) in [6, 6.07) is 4.17. The highest BCUT2D eigenvalue weighted by atomic mass is 15.3. The molecule has 1 saturated carbocycles. The first-order valence-corrected chi connectivity index (χ1v) is 8.16. The predicted octanol–water partition coefficient (Wildman–Crippen LogP) is 1.83. The zero-order valence-corrected chi connectivity index (χ0v) is 13.5. The molecule has 0 bridgehead atoms. The van der Waals surface area contributed by atoms with E-state index < -0.39 is 0 Å². The maximum absolute atomic E-state index is 9.57. The van der Waals surface area contributed by atoms with E-state index in [0.29, 0.717) is 18.1 Å². The summed E-state index contributed by atoms with van der Waals surface area (Å²) < 4.78 is 0. The zero-order valence-electron chi connectivity index (χ0n) is 13.5. The summed E-state index contributed by atoms with van der Waals surface area (Å²) in [5, 5.41) is 13.1. The molecular weight excluding hydrogens is 248 g/mol. The molecule has 0 spiro atoms. The van der Waals surface area contributed by atoms with Crippen molar-refractivity contribution >= 4 is 0 Å². The number of rotatable bonds is 4. The largest absolute Gasteiger partial charge is 0.298 e. The first-order valence-electron chi connectivity index (χ1n) is 8.16. The van der Waals surface area contributed by atoms with Crippen LogP contribution < -0.4 is 5.32 Å². The Kier molecular flexibility index (Phi) is 5.06. The lowest BCUT2D eigenvalue weighted by Crippen LogP contribution is -2.55. The number of nitriles is 1. The average molecular weight is 278 g/mol. The molecule has 1 aliphatic heterocycles. The Morgan fingerprint density at radius 1 is 1.40 bits per heavy atom. The van der Waals surface area contributed by atoms with E-state index in [9.17, 15) is 5.26 Å². The normalized spacial score (nSPS) is 36.4. The number of nitrogens with zero attached hydrogens (tertiary/aromatic N) is 3. The molecule has 1 aliphatic carbocycles. The Morgan fingerprint density at radius 2 is 2.15 bits per heavy atom. The highest BCUT2D eigenvalue weighted by Crippen LogP contribution is 2.34. The number of hydrogen-bond donors (Lipinski definition) is 1. The first kappa shape index (κ1) is 15.8. The molecule has 1 N–H and O–H groups in total. The molecule has 0 aromatic heterocycles. The molecule has 3 unspecified atom stereocenters. The van der Waals surface area contributed by atoms with Crippen molar-refractivity contribution in [3.8, 4) is 6.07 Å².